The lowest BCUT2D eigenvalue weighted by atomic mass is 9.78. The molecule has 1 aromatic carbocycles. The Morgan fingerprint density at radius 2 is 1.74 bits per heavy atom. The molecule has 6 heteroatoms. The summed E-state index contributed by atoms with van der Waals surface area (Å²) in [6, 6.07) is 5.71. The predicted octanol–water partition coefficient (Wildman–Crippen LogP) is 1.63. The molecule has 0 radical (unpaired) electrons. The highest BCUT2D eigenvalue weighted by atomic mass is 16.7. The van der Waals surface area contributed by atoms with Gasteiger partial charge in [-0.25, -0.2) is 0 Å². The number of nitrogens with zero attached hydrogens (tertiary/aromatic N) is 1. The van der Waals surface area contributed by atoms with Gasteiger partial charge in [-0.05, 0) is 39.2 Å². The van der Waals surface area contributed by atoms with Crippen LogP contribution in [-0.2, 0) is 20.5 Å². The first kappa shape index (κ1) is 17.8. The quantitative estimate of drug-likeness (QED) is 0.792. The number of rotatable bonds is 4. The molecule has 0 atom stereocenters. The summed E-state index contributed by atoms with van der Waals surface area (Å²) in [6.07, 6.45) is 0.281. The molecule has 0 bridgehead atoms. The van der Waals surface area contributed by atoms with Gasteiger partial charge in [0.2, 0.25) is 5.91 Å². The summed E-state index contributed by atoms with van der Waals surface area (Å²) < 4.78 is 17.5. The van der Waals surface area contributed by atoms with Crippen molar-refractivity contribution in [2.75, 3.05) is 21.2 Å². The van der Waals surface area contributed by atoms with Crippen LogP contribution in [0.15, 0.2) is 18.2 Å². The molecule has 126 valence electrons. The van der Waals surface area contributed by atoms with Gasteiger partial charge in [-0.15, -0.1) is 0 Å². The topological polar surface area (TPSA) is 48.0 Å². The molecule has 0 saturated carbocycles. The summed E-state index contributed by atoms with van der Waals surface area (Å²) in [5, 5.41) is 0. The SMILES string of the molecule is COc1ccc(B2OC(C)(C)C(C)(C)O2)cc1CC(=O)N(C)C. The molecular formula is C17H26BNO4. The number of hydrogen-bond donors (Lipinski definition) is 0. The van der Waals surface area contributed by atoms with E-state index < -0.39 is 18.3 Å². The van der Waals surface area contributed by atoms with Crippen molar-refractivity contribution in [1.29, 1.82) is 0 Å². The van der Waals surface area contributed by atoms with Gasteiger partial charge >= 0.3 is 7.12 Å². The Kier molecular flexibility index (Phi) is 4.78. The molecule has 1 aliphatic rings. The van der Waals surface area contributed by atoms with E-state index in [1.54, 1.807) is 26.1 Å². The maximum atomic E-state index is 12.0. The normalized spacial score (nSPS) is 18.8. The van der Waals surface area contributed by atoms with Gasteiger partial charge in [0.05, 0.1) is 24.7 Å². The van der Waals surface area contributed by atoms with Crippen LogP contribution < -0.4 is 10.2 Å². The molecule has 2 rings (SSSR count). The fourth-order valence-corrected chi connectivity index (χ4v) is 2.38. The summed E-state index contributed by atoms with van der Waals surface area (Å²) >= 11 is 0. The number of ether oxygens (including phenoxy) is 1. The Balaban J connectivity index is 2.30. The lowest BCUT2D eigenvalue weighted by molar-refractivity contribution is -0.127. The van der Waals surface area contributed by atoms with E-state index >= 15 is 0 Å². The maximum Gasteiger partial charge on any atom is 0.494 e. The second-order valence-corrected chi connectivity index (χ2v) is 7.12. The second-order valence-electron chi connectivity index (χ2n) is 7.12. The zero-order valence-electron chi connectivity index (χ0n) is 15.1. The molecular weight excluding hydrogens is 293 g/mol. The fraction of sp³-hybridized carbons (Fsp3) is 0.588. The molecule has 1 amide bonds. The molecule has 1 heterocycles. The lowest BCUT2D eigenvalue weighted by Gasteiger charge is -2.32. The van der Waals surface area contributed by atoms with E-state index in [4.69, 9.17) is 14.0 Å². The average molecular weight is 319 g/mol. The molecule has 0 N–H and O–H groups in total. The zero-order valence-corrected chi connectivity index (χ0v) is 15.1. The maximum absolute atomic E-state index is 12.0. The van der Waals surface area contributed by atoms with Crippen LogP contribution in [-0.4, -0.2) is 50.3 Å². The molecule has 0 aliphatic carbocycles. The highest BCUT2D eigenvalue weighted by molar-refractivity contribution is 6.62. The molecule has 1 aliphatic heterocycles. The number of carbonyl (C=O) groups is 1. The Hall–Kier alpha value is -1.53. The van der Waals surface area contributed by atoms with E-state index in [9.17, 15) is 4.79 Å². The number of carbonyl (C=O) groups excluding carboxylic acids is 1. The van der Waals surface area contributed by atoms with E-state index in [-0.39, 0.29) is 12.3 Å². The minimum atomic E-state index is -0.445. The van der Waals surface area contributed by atoms with Crippen LogP contribution >= 0.6 is 0 Å². The van der Waals surface area contributed by atoms with Crippen molar-refractivity contribution in [3.8, 4) is 5.75 Å². The third-order valence-electron chi connectivity index (χ3n) is 4.67. The molecule has 0 unspecified atom stereocenters. The predicted molar refractivity (Wildman–Crippen MR) is 91.1 cm³/mol. The van der Waals surface area contributed by atoms with E-state index in [1.807, 2.05) is 45.9 Å². The van der Waals surface area contributed by atoms with Gasteiger partial charge in [0.15, 0.2) is 0 Å². The first-order valence-corrected chi connectivity index (χ1v) is 7.80. The largest absolute Gasteiger partial charge is 0.496 e. The number of hydrogen-bond acceptors (Lipinski definition) is 4. The molecule has 1 fully saturated rings. The van der Waals surface area contributed by atoms with Crippen molar-refractivity contribution in [3.63, 3.8) is 0 Å². The number of likely N-dealkylation sites (N-methyl/N-ethyl adjacent to an activating group) is 1. The zero-order chi connectivity index (χ0) is 17.4. The van der Waals surface area contributed by atoms with E-state index in [0.717, 1.165) is 11.0 Å². The summed E-state index contributed by atoms with van der Waals surface area (Å²) in [5.74, 6) is 0.717. The Morgan fingerprint density at radius 3 is 2.22 bits per heavy atom. The third kappa shape index (κ3) is 3.53. The van der Waals surface area contributed by atoms with Crippen molar-refractivity contribution in [3.05, 3.63) is 23.8 Å². The smallest absolute Gasteiger partial charge is 0.494 e. The van der Waals surface area contributed by atoms with Crippen LogP contribution in [0.3, 0.4) is 0 Å². The van der Waals surface area contributed by atoms with Crippen molar-refractivity contribution in [2.45, 2.75) is 45.3 Å². The number of benzene rings is 1. The second kappa shape index (κ2) is 6.17. The van der Waals surface area contributed by atoms with E-state index in [0.29, 0.717) is 5.75 Å². The molecule has 1 aromatic rings. The summed E-state index contributed by atoms with van der Waals surface area (Å²) in [7, 11) is 4.65. The molecule has 5 nitrogen and oxygen atoms in total. The Labute approximate surface area is 139 Å². The third-order valence-corrected chi connectivity index (χ3v) is 4.67. The molecule has 0 aromatic heterocycles. The van der Waals surface area contributed by atoms with E-state index in [2.05, 4.69) is 0 Å². The van der Waals surface area contributed by atoms with Crippen molar-refractivity contribution in [1.82, 2.24) is 4.90 Å². The van der Waals surface area contributed by atoms with Gasteiger partial charge in [-0.1, -0.05) is 12.1 Å². The standard InChI is InChI=1S/C17H26BNO4/c1-16(2)17(3,4)23-18(22-16)13-8-9-14(21-7)12(10-13)11-15(20)19(5)6/h8-10H,11H2,1-7H3. The first-order valence-electron chi connectivity index (χ1n) is 7.80. The van der Waals surface area contributed by atoms with Crippen LogP contribution in [0.5, 0.6) is 5.75 Å². The van der Waals surface area contributed by atoms with Crippen LogP contribution in [0.1, 0.15) is 33.3 Å². The summed E-state index contributed by atoms with van der Waals surface area (Å²) in [6.45, 7) is 8.08. The van der Waals surface area contributed by atoms with Crippen molar-refractivity contribution >= 4 is 18.5 Å². The van der Waals surface area contributed by atoms with Crippen LogP contribution in [0, 0.1) is 0 Å². The molecule has 23 heavy (non-hydrogen) atoms. The summed E-state index contributed by atoms with van der Waals surface area (Å²) in [5.41, 5.74) is 0.943. The first-order chi connectivity index (χ1) is 10.6. The minimum Gasteiger partial charge on any atom is -0.496 e. The number of amides is 1. The van der Waals surface area contributed by atoms with Crippen LogP contribution in [0.2, 0.25) is 0 Å². The van der Waals surface area contributed by atoms with Gasteiger partial charge in [-0.3, -0.25) is 4.79 Å². The van der Waals surface area contributed by atoms with E-state index in [1.165, 1.54) is 0 Å². The average Bonchev–Trinajstić information content (AvgIpc) is 2.67. The van der Waals surface area contributed by atoms with Crippen LogP contribution in [0.4, 0.5) is 0 Å². The molecule has 0 spiro atoms. The monoisotopic (exact) mass is 319 g/mol. The van der Waals surface area contributed by atoms with Gasteiger partial charge in [0, 0.05) is 19.7 Å². The summed E-state index contributed by atoms with van der Waals surface area (Å²) in [4.78, 5) is 13.6. The van der Waals surface area contributed by atoms with Gasteiger partial charge in [-0.2, -0.15) is 0 Å². The Bertz CT molecular complexity index is 582. The molecule has 1 saturated heterocycles. The highest BCUT2D eigenvalue weighted by Gasteiger charge is 2.51. The van der Waals surface area contributed by atoms with Gasteiger partial charge in [0.25, 0.3) is 0 Å². The fourth-order valence-electron chi connectivity index (χ4n) is 2.38. The van der Waals surface area contributed by atoms with Gasteiger partial charge in [0.1, 0.15) is 5.75 Å². The van der Waals surface area contributed by atoms with Gasteiger partial charge < -0.3 is 18.9 Å². The highest BCUT2D eigenvalue weighted by Crippen LogP contribution is 2.36. The van der Waals surface area contributed by atoms with Crippen molar-refractivity contribution in [2.24, 2.45) is 0 Å². The van der Waals surface area contributed by atoms with Crippen molar-refractivity contribution < 1.29 is 18.8 Å². The lowest BCUT2D eigenvalue weighted by Crippen LogP contribution is -2.41. The number of methoxy groups -OCH3 is 1. The van der Waals surface area contributed by atoms with Crippen LogP contribution in [0.25, 0.3) is 0 Å². The Morgan fingerprint density at radius 1 is 1.17 bits per heavy atom. The minimum absolute atomic E-state index is 0.0226.